The second-order valence-corrected chi connectivity index (χ2v) is 2.54. The number of phenols is 1. The van der Waals surface area contributed by atoms with Gasteiger partial charge in [0.25, 0.3) is 0 Å². The topological polar surface area (TPSA) is 60.8 Å². The van der Waals surface area contributed by atoms with E-state index < -0.39 is 0 Å². The molecule has 4 nitrogen and oxygen atoms in total. The van der Waals surface area contributed by atoms with Gasteiger partial charge in [-0.05, 0) is 12.1 Å². The molecular weight excluding hydrogens is 170 g/mol. The van der Waals surface area contributed by atoms with Crippen LogP contribution in [0.4, 0.5) is 5.69 Å². The number of nitrogens with zero attached hydrogens (tertiary/aromatic N) is 1. The number of benzene rings is 1. The molecule has 0 radical (unpaired) electrons. The van der Waals surface area contributed by atoms with Gasteiger partial charge in [0.2, 0.25) is 6.41 Å². The van der Waals surface area contributed by atoms with E-state index in [1.54, 1.807) is 12.1 Å². The molecule has 4 heteroatoms. The zero-order valence-corrected chi connectivity index (χ0v) is 7.05. The van der Waals surface area contributed by atoms with Gasteiger partial charge in [0.15, 0.2) is 0 Å². The molecule has 0 bridgehead atoms. The van der Waals surface area contributed by atoms with Gasteiger partial charge >= 0.3 is 0 Å². The first-order valence-electron chi connectivity index (χ1n) is 3.89. The summed E-state index contributed by atoms with van der Waals surface area (Å²) in [6.07, 6.45) is 0.616. The first-order valence-corrected chi connectivity index (χ1v) is 3.89. The maximum atomic E-state index is 10.5. The van der Waals surface area contributed by atoms with Crippen molar-refractivity contribution in [2.45, 2.75) is 0 Å². The first-order chi connectivity index (χ1) is 6.27. The molecule has 0 unspecified atom stereocenters. The molecule has 1 aromatic carbocycles. The lowest BCUT2D eigenvalue weighted by Crippen LogP contribution is -2.24. The lowest BCUT2D eigenvalue weighted by molar-refractivity contribution is -0.107. The first kappa shape index (κ1) is 9.54. The number of aliphatic hydroxyl groups excluding tert-OH is 1. The van der Waals surface area contributed by atoms with E-state index in [9.17, 15) is 4.79 Å². The number of carbonyl (C=O) groups is 1. The molecule has 1 rings (SSSR count). The summed E-state index contributed by atoms with van der Waals surface area (Å²) < 4.78 is 0. The second-order valence-electron chi connectivity index (χ2n) is 2.54. The summed E-state index contributed by atoms with van der Waals surface area (Å²) in [6, 6.07) is 6.30. The minimum absolute atomic E-state index is 0.0993. The monoisotopic (exact) mass is 181 g/mol. The Balaban J connectivity index is 2.84. The van der Waals surface area contributed by atoms with E-state index in [1.165, 1.54) is 17.0 Å². The summed E-state index contributed by atoms with van der Waals surface area (Å²) in [5, 5.41) is 17.8. The molecule has 2 N–H and O–H groups in total. The van der Waals surface area contributed by atoms with Crippen molar-refractivity contribution in [3.8, 4) is 5.75 Å². The number of anilines is 1. The Labute approximate surface area is 76.0 Å². The van der Waals surface area contributed by atoms with E-state index in [1.807, 2.05) is 0 Å². The third kappa shape index (κ3) is 2.45. The van der Waals surface area contributed by atoms with E-state index >= 15 is 0 Å². The number of aromatic hydroxyl groups is 1. The largest absolute Gasteiger partial charge is 0.508 e. The molecule has 1 aromatic rings. The molecule has 0 saturated heterocycles. The molecule has 70 valence electrons. The highest BCUT2D eigenvalue weighted by Crippen LogP contribution is 2.18. The molecule has 0 fully saturated rings. The molecule has 0 saturated carbocycles. The second kappa shape index (κ2) is 4.47. The number of hydrogen-bond donors (Lipinski definition) is 2. The van der Waals surface area contributed by atoms with Crippen LogP contribution in [-0.4, -0.2) is 29.8 Å². The molecule has 0 spiro atoms. The molecule has 1 amide bonds. The fourth-order valence-electron chi connectivity index (χ4n) is 1.02. The molecule has 0 aliphatic carbocycles. The minimum atomic E-state index is -0.103. The third-order valence-electron chi connectivity index (χ3n) is 1.63. The van der Waals surface area contributed by atoms with Crippen LogP contribution >= 0.6 is 0 Å². The number of phenolic OH excluding ortho intramolecular Hbond substituents is 1. The minimum Gasteiger partial charge on any atom is -0.508 e. The molecule has 0 atom stereocenters. The van der Waals surface area contributed by atoms with Crippen LogP contribution in [0.25, 0.3) is 0 Å². The Kier molecular flexibility index (Phi) is 3.28. The number of carbonyl (C=O) groups excluding carboxylic acids is 1. The fraction of sp³-hybridized carbons (Fsp3) is 0.222. The quantitative estimate of drug-likeness (QED) is 0.659. The number of hydrogen-bond acceptors (Lipinski definition) is 3. The van der Waals surface area contributed by atoms with Crippen molar-refractivity contribution < 1.29 is 15.0 Å². The highest BCUT2D eigenvalue weighted by Gasteiger charge is 2.03. The summed E-state index contributed by atoms with van der Waals surface area (Å²) in [5.41, 5.74) is 0.573. The van der Waals surface area contributed by atoms with E-state index in [-0.39, 0.29) is 18.9 Å². The highest BCUT2D eigenvalue weighted by atomic mass is 16.3. The van der Waals surface area contributed by atoms with Gasteiger partial charge in [-0.2, -0.15) is 0 Å². The SMILES string of the molecule is O=CN(CCO)c1cccc(O)c1. The van der Waals surface area contributed by atoms with Crippen molar-refractivity contribution in [1.29, 1.82) is 0 Å². The zero-order chi connectivity index (χ0) is 9.68. The van der Waals surface area contributed by atoms with Gasteiger partial charge in [0.05, 0.1) is 6.61 Å². The maximum absolute atomic E-state index is 10.5. The van der Waals surface area contributed by atoms with Crippen molar-refractivity contribution in [2.24, 2.45) is 0 Å². The molecular formula is C9H11NO3. The predicted octanol–water partition coefficient (Wildman–Crippen LogP) is 0.347. The molecule has 0 heterocycles. The third-order valence-corrected chi connectivity index (χ3v) is 1.63. The Morgan fingerprint density at radius 3 is 2.77 bits per heavy atom. The van der Waals surface area contributed by atoms with Crippen LogP contribution in [0.1, 0.15) is 0 Å². The average Bonchev–Trinajstić information content (AvgIpc) is 2.14. The van der Waals surface area contributed by atoms with Gasteiger partial charge in [-0.1, -0.05) is 6.07 Å². The summed E-state index contributed by atoms with van der Waals surface area (Å²) in [5.74, 6) is 0.0993. The standard InChI is InChI=1S/C9H11NO3/c11-5-4-10(7-12)8-2-1-3-9(13)6-8/h1-3,6-7,11,13H,4-5H2. The van der Waals surface area contributed by atoms with Crippen LogP contribution < -0.4 is 4.90 Å². The van der Waals surface area contributed by atoms with E-state index in [0.29, 0.717) is 12.1 Å². The van der Waals surface area contributed by atoms with Gasteiger partial charge in [0.1, 0.15) is 5.75 Å². The van der Waals surface area contributed by atoms with E-state index in [0.717, 1.165) is 0 Å². The lowest BCUT2D eigenvalue weighted by atomic mass is 10.3. The molecule has 0 aromatic heterocycles. The van der Waals surface area contributed by atoms with E-state index in [2.05, 4.69) is 0 Å². The van der Waals surface area contributed by atoms with Crippen LogP contribution in [0, 0.1) is 0 Å². The summed E-state index contributed by atoms with van der Waals surface area (Å²) >= 11 is 0. The van der Waals surface area contributed by atoms with E-state index in [4.69, 9.17) is 10.2 Å². The van der Waals surface area contributed by atoms with Crippen molar-refractivity contribution >= 4 is 12.1 Å². The van der Waals surface area contributed by atoms with Crippen molar-refractivity contribution in [1.82, 2.24) is 0 Å². The predicted molar refractivity (Wildman–Crippen MR) is 48.6 cm³/mol. The van der Waals surface area contributed by atoms with Gasteiger partial charge in [-0.25, -0.2) is 0 Å². The molecule has 0 aliphatic rings. The van der Waals surface area contributed by atoms with Gasteiger partial charge in [-0.3, -0.25) is 4.79 Å². The number of amides is 1. The van der Waals surface area contributed by atoms with Gasteiger partial charge in [-0.15, -0.1) is 0 Å². The number of aliphatic hydroxyl groups is 1. The van der Waals surface area contributed by atoms with Crippen molar-refractivity contribution in [3.05, 3.63) is 24.3 Å². The Morgan fingerprint density at radius 2 is 2.23 bits per heavy atom. The summed E-state index contributed by atoms with van der Waals surface area (Å²) in [4.78, 5) is 11.9. The Hall–Kier alpha value is -1.55. The smallest absolute Gasteiger partial charge is 0.214 e. The maximum Gasteiger partial charge on any atom is 0.214 e. The number of rotatable bonds is 4. The normalized spacial score (nSPS) is 9.62. The van der Waals surface area contributed by atoms with Gasteiger partial charge < -0.3 is 15.1 Å². The highest BCUT2D eigenvalue weighted by molar-refractivity contribution is 5.75. The summed E-state index contributed by atoms with van der Waals surface area (Å²) in [6.45, 7) is 0.126. The Bertz CT molecular complexity index is 288. The Morgan fingerprint density at radius 1 is 1.46 bits per heavy atom. The zero-order valence-electron chi connectivity index (χ0n) is 7.05. The lowest BCUT2D eigenvalue weighted by Gasteiger charge is -2.15. The fourth-order valence-corrected chi connectivity index (χ4v) is 1.02. The van der Waals surface area contributed by atoms with Crippen LogP contribution in [0.2, 0.25) is 0 Å². The van der Waals surface area contributed by atoms with Crippen LogP contribution in [-0.2, 0) is 4.79 Å². The van der Waals surface area contributed by atoms with Crippen LogP contribution in [0.5, 0.6) is 5.75 Å². The van der Waals surface area contributed by atoms with Gasteiger partial charge in [0, 0.05) is 18.3 Å². The molecule has 13 heavy (non-hydrogen) atoms. The van der Waals surface area contributed by atoms with Crippen LogP contribution in [0.15, 0.2) is 24.3 Å². The van der Waals surface area contributed by atoms with Crippen LogP contribution in [0.3, 0.4) is 0 Å². The molecule has 0 aliphatic heterocycles. The van der Waals surface area contributed by atoms with Crippen molar-refractivity contribution in [3.63, 3.8) is 0 Å². The van der Waals surface area contributed by atoms with Crippen molar-refractivity contribution in [2.75, 3.05) is 18.1 Å². The summed E-state index contributed by atoms with van der Waals surface area (Å²) in [7, 11) is 0. The average molecular weight is 181 g/mol.